The van der Waals surface area contributed by atoms with Crippen LogP contribution in [0, 0.1) is 11.8 Å². The molecule has 0 aromatic heterocycles. The lowest BCUT2D eigenvalue weighted by Gasteiger charge is -2.35. The van der Waals surface area contributed by atoms with Gasteiger partial charge in [0.25, 0.3) is 0 Å². The highest BCUT2D eigenvalue weighted by Crippen LogP contribution is 2.40. The largest absolute Gasteiger partial charge is 0.391 e. The van der Waals surface area contributed by atoms with Gasteiger partial charge < -0.3 is 4.18 Å². The molecule has 1 aliphatic rings. The fraction of sp³-hybridized carbons (Fsp3) is 0.833. The summed E-state index contributed by atoms with van der Waals surface area (Å²) in [7, 11) is 0. The van der Waals surface area contributed by atoms with E-state index in [1.54, 1.807) is 0 Å². The van der Waals surface area contributed by atoms with Gasteiger partial charge in [-0.25, -0.2) is 0 Å². The molecule has 1 fully saturated rings. The first-order chi connectivity index (χ1) is 7.33. The lowest BCUT2D eigenvalue weighted by Crippen LogP contribution is -2.38. The van der Waals surface area contributed by atoms with Crippen molar-refractivity contribution < 1.29 is 13.8 Å². The molecule has 0 amide bonds. The molecule has 1 rings (SSSR count). The molecule has 0 spiro atoms. The smallest absolute Gasteiger partial charge is 0.314 e. The van der Waals surface area contributed by atoms with Gasteiger partial charge in [0.1, 0.15) is 5.78 Å². The summed E-state index contributed by atoms with van der Waals surface area (Å²) < 4.78 is 4.64. The lowest BCUT2D eigenvalue weighted by atomic mass is 9.76. The van der Waals surface area contributed by atoms with Crippen molar-refractivity contribution in [1.82, 2.24) is 0 Å². The molecule has 0 aromatic rings. The molecular formula is C12H20O3S. The van der Waals surface area contributed by atoms with E-state index >= 15 is 0 Å². The zero-order chi connectivity index (χ0) is 12.3. The summed E-state index contributed by atoms with van der Waals surface area (Å²) in [6, 6.07) is 0. The van der Waals surface area contributed by atoms with Crippen molar-refractivity contribution in [3.8, 4) is 0 Å². The summed E-state index contributed by atoms with van der Waals surface area (Å²) in [5.74, 6) is 0.504. The molecule has 1 aliphatic carbocycles. The topological polar surface area (TPSA) is 43.4 Å². The SMILES string of the molecule is CC(=O)OSC(C)(C)[C@H]1CC[C@H](C)CC1=O. The third-order valence-electron chi connectivity index (χ3n) is 3.10. The lowest BCUT2D eigenvalue weighted by molar-refractivity contribution is -0.131. The highest BCUT2D eigenvalue weighted by Gasteiger charge is 2.40. The van der Waals surface area contributed by atoms with Gasteiger partial charge in [-0.3, -0.25) is 9.59 Å². The molecule has 4 heteroatoms. The maximum atomic E-state index is 11.9. The molecule has 0 bridgehead atoms. The molecule has 3 nitrogen and oxygen atoms in total. The monoisotopic (exact) mass is 244 g/mol. The predicted octanol–water partition coefficient (Wildman–Crippen LogP) is 2.98. The first-order valence-corrected chi connectivity index (χ1v) is 6.46. The first-order valence-electron chi connectivity index (χ1n) is 5.72. The zero-order valence-corrected chi connectivity index (χ0v) is 11.2. The fourth-order valence-corrected chi connectivity index (χ4v) is 2.86. The number of ketones is 1. The molecule has 2 atom stereocenters. The Balaban J connectivity index is 2.60. The summed E-state index contributed by atoms with van der Waals surface area (Å²) in [5, 5.41) is 0. The minimum Gasteiger partial charge on any atom is -0.391 e. The van der Waals surface area contributed by atoms with Crippen LogP contribution in [0.1, 0.15) is 47.0 Å². The minimum atomic E-state index is -0.317. The number of hydrogen-bond donors (Lipinski definition) is 0. The molecule has 0 heterocycles. The van der Waals surface area contributed by atoms with E-state index in [-0.39, 0.29) is 16.6 Å². The van der Waals surface area contributed by atoms with Crippen LogP contribution >= 0.6 is 12.0 Å². The summed E-state index contributed by atoms with van der Waals surface area (Å²) in [4.78, 5) is 22.7. The quantitative estimate of drug-likeness (QED) is 0.716. The summed E-state index contributed by atoms with van der Waals surface area (Å²) in [5.41, 5.74) is 0. The Hall–Kier alpha value is -0.510. The van der Waals surface area contributed by atoms with Crippen LogP contribution in [-0.2, 0) is 13.8 Å². The molecule has 0 saturated heterocycles. The van der Waals surface area contributed by atoms with Gasteiger partial charge in [0.05, 0.1) is 16.8 Å². The van der Waals surface area contributed by atoms with Crippen molar-refractivity contribution in [2.45, 2.75) is 51.7 Å². The van der Waals surface area contributed by atoms with E-state index in [4.69, 9.17) is 4.18 Å². The Morgan fingerprint density at radius 2 is 2.06 bits per heavy atom. The highest BCUT2D eigenvalue weighted by atomic mass is 32.2. The number of rotatable bonds is 3. The highest BCUT2D eigenvalue weighted by molar-refractivity contribution is 7.96. The van der Waals surface area contributed by atoms with Crippen molar-refractivity contribution in [3.05, 3.63) is 0 Å². The van der Waals surface area contributed by atoms with Crippen LogP contribution in [0.25, 0.3) is 0 Å². The second-order valence-electron chi connectivity index (χ2n) is 5.17. The second-order valence-corrected chi connectivity index (χ2v) is 6.55. The minimum absolute atomic E-state index is 0.00745. The van der Waals surface area contributed by atoms with Gasteiger partial charge in [-0.15, -0.1) is 0 Å². The van der Waals surface area contributed by atoms with Crippen LogP contribution in [-0.4, -0.2) is 16.5 Å². The Morgan fingerprint density at radius 1 is 1.44 bits per heavy atom. The average Bonchev–Trinajstić information content (AvgIpc) is 2.14. The van der Waals surface area contributed by atoms with E-state index in [1.807, 2.05) is 13.8 Å². The number of hydrogen-bond acceptors (Lipinski definition) is 4. The number of carbonyl (C=O) groups excluding carboxylic acids is 2. The van der Waals surface area contributed by atoms with Crippen LogP contribution in [0.15, 0.2) is 0 Å². The molecule has 1 saturated carbocycles. The molecule has 0 N–H and O–H groups in total. The van der Waals surface area contributed by atoms with Gasteiger partial charge in [0.2, 0.25) is 0 Å². The van der Waals surface area contributed by atoms with E-state index < -0.39 is 0 Å². The number of carbonyl (C=O) groups is 2. The summed E-state index contributed by atoms with van der Waals surface area (Å²) >= 11 is 1.13. The van der Waals surface area contributed by atoms with E-state index in [0.717, 1.165) is 24.9 Å². The van der Waals surface area contributed by atoms with Crippen molar-refractivity contribution in [2.75, 3.05) is 0 Å². The van der Waals surface area contributed by atoms with Crippen LogP contribution in [0.3, 0.4) is 0 Å². The van der Waals surface area contributed by atoms with Crippen LogP contribution in [0.2, 0.25) is 0 Å². The van der Waals surface area contributed by atoms with Gasteiger partial charge in [0.15, 0.2) is 0 Å². The zero-order valence-electron chi connectivity index (χ0n) is 10.4. The van der Waals surface area contributed by atoms with E-state index in [1.165, 1.54) is 6.92 Å². The summed E-state index contributed by atoms with van der Waals surface area (Å²) in [6.45, 7) is 7.44. The molecule has 16 heavy (non-hydrogen) atoms. The van der Waals surface area contributed by atoms with Crippen molar-refractivity contribution in [2.24, 2.45) is 11.8 Å². The Kier molecular flexibility index (Phi) is 4.42. The van der Waals surface area contributed by atoms with E-state index in [0.29, 0.717) is 18.1 Å². The average molecular weight is 244 g/mol. The Bertz CT molecular complexity index is 286. The van der Waals surface area contributed by atoms with Crippen molar-refractivity contribution in [3.63, 3.8) is 0 Å². The Morgan fingerprint density at radius 3 is 2.56 bits per heavy atom. The van der Waals surface area contributed by atoms with Crippen molar-refractivity contribution in [1.29, 1.82) is 0 Å². The molecule has 0 unspecified atom stereocenters. The fourth-order valence-electron chi connectivity index (χ4n) is 2.16. The van der Waals surface area contributed by atoms with Gasteiger partial charge >= 0.3 is 5.97 Å². The normalized spacial score (nSPS) is 26.6. The predicted molar refractivity (Wildman–Crippen MR) is 64.9 cm³/mol. The number of Topliss-reactive ketones (excluding diaryl/α,β-unsaturated/α-hetero) is 1. The molecule has 92 valence electrons. The maximum Gasteiger partial charge on any atom is 0.314 e. The summed E-state index contributed by atoms with van der Waals surface area (Å²) in [6.07, 6.45) is 2.65. The van der Waals surface area contributed by atoms with Gasteiger partial charge in [0, 0.05) is 19.3 Å². The Labute approximate surface area is 102 Å². The van der Waals surface area contributed by atoms with Gasteiger partial charge in [-0.05, 0) is 32.6 Å². The maximum absolute atomic E-state index is 11.9. The van der Waals surface area contributed by atoms with Crippen LogP contribution in [0.4, 0.5) is 0 Å². The standard InChI is InChI=1S/C12H20O3S/c1-8-5-6-10(11(14)7-8)12(3,4)16-15-9(2)13/h8,10H,5-7H2,1-4H3/t8-,10-/m0/s1. The molecule has 0 aliphatic heterocycles. The second kappa shape index (κ2) is 5.21. The van der Waals surface area contributed by atoms with Crippen LogP contribution in [0.5, 0.6) is 0 Å². The molecular weight excluding hydrogens is 224 g/mol. The van der Waals surface area contributed by atoms with E-state index in [9.17, 15) is 9.59 Å². The first kappa shape index (κ1) is 13.6. The third-order valence-corrected chi connectivity index (χ3v) is 4.13. The van der Waals surface area contributed by atoms with E-state index in [2.05, 4.69) is 6.92 Å². The molecule has 0 aromatic carbocycles. The van der Waals surface area contributed by atoms with Gasteiger partial charge in [-0.1, -0.05) is 6.92 Å². The molecule has 0 radical (unpaired) electrons. The van der Waals surface area contributed by atoms with Crippen LogP contribution < -0.4 is 0 Å². The van der Waals surface area contributed by atoms with Crippen molar-refractivity contribution >= 4 is 23.8 Å². The third kappa shape index (κ3) is 3.51. The van der Waals surface area contributed by atoms with Gasteiger partial charge in [-0.2, -0.15) is 0 Å².